The minimum absolute atomic E-state index is 0.00780. The molecular weight excluding hydrogens is 222 g/mol. The van der Waals surface area contributed by atoms with Crippen molar-refractivity contribution in [3.63, 3.8) is 0 Å². The first-order chi connectivity index (χ1) is 7.95. The summed E-state index contributed by atoms with van der Waals surface area (Å²) in [5.74, 6) is -0.277. The lowest BCUT2D eigenvalue weighted by Gasteiger charge is -2.11. The Morgan fingerprint density at radius 2 is 2.24 bits per heavy atom. The van der Waals surface area contributed by atoms with Crippen LogP contribution >= 0.6 is 0 Å². The van der Waals surface area contributed by atoms with E-state index < -0.39 is 4.92 Å². The first-order valence-corrected chi connectivity index (χ1v) is 5.21. The van der Waals surface area contributed by atoms with Gasteiger partial charge in [-0.25, -0.2) is 0 Å². The van der Waals surface area contributed by atoms with Crippen LogP contribution in [-0.4, -0.2) is 23.4 Å². The largest absolute Gasteiger partial charge is 0.348 e. The molecule has 1 atom stereocenters. The monoisotopic (exact) mass is 237 g/mol. The van der Waals surface area contributed by atoms with Crippen LogP contribution in [0, 0.1) is 17.0 Å². The second-order valence-corrected chi connectivity index (χ2v) is 3.87. The lowest BCUT2D eigenvalue weighted by molar-refractivity contribution is -0.385. The summed E-state index contributed by atoms with van der Waals surface area (Å²) in [6.45, 7) is 3.73. The van der Waals surface area contributed by atoms with Crippen LogP contribution in [-0.2, 0) is 0 Å². The predicted molar refractivity (Wildman–Crippen MR) is 63.8 cm³/mol. The van der Waals surface area contributed by atoms with Crippen LogP contribution in [0.4, 0.5) is 5.69 Å². The molecule has 0 bridgehead atoms. The van der Waals surface area contributed by atoms with Crippen molar-refractivity contribution in [2.24, 2.45) is 5.73 Å². The smallest absolute Gasteiger partial charge is 0.272 e. The molecule has 0 heterocycles. The van der Waals surface area contributed by atoms with Crippen molar-refractivity contribution < 1.29 is 9.72 Å². The first-order valence-electron chi connectivity index (χ1n) is 5.21. The van der Waals surface area contributed by atoms with E-state index in [1.165, 1.54) is 18.2 Å². The molecule has 0 spiro atoms. The molecule has 92 valence electrons. The normalized spacial score (nSPS) is 11.9. The number of carbonyl (C=O) groups is 1. The van der Waals surface area contributed by atoms with E-state index >= 15 is 0 Å². The maximum atomic E-state index is 11.7. The minimum atomic E-state index is -0.473. The highest BCUT2D eigenvalue weighted by atomic mass is 16.6. The fraction of sp³-hybridized carbons (Fsp3) is 0.364. The van der Waals surface area contributed by atoms with Gasteiger partial charge in [0, 0.05) is 29.8 Å². The molecule has 0 aliphatic heterocycles. The molecule has 1 aromatic carbocycles. The number of nitrogens with one attached hydrogen (secondary N) is 1. The number of amides is 1. The highest BCUT2D eigenvalue weighted by Crippen LogP contribution is 2.18. The second kappa shape index (κ2) is 5.40. The maximum absolute atomic E-state index is 11.7. The van der Waals surface area contributed by atoms with Crippen LogP contribution in [0.2, 0.25) is 0 Å². The fourth-order valence-electron chi connectivity index (χ4n) is 1.37. The SMILES string of the molecule is Cc1cc(C(=O)NC(C)CN)ccc1[N+](=O)[O-]. The molecule has 17 heavy (non-hydrogen) atoms. The average Bonchev–Trinajstić information content (AvgIpc) is 2.28. The van der Waals surface area contributed by atoms with Crippen molar-refractivity contribution in [3.05, 3.63) is 39.4 Å². The molecule has 1 unspecified atom stereocenters. The van der Waals surface area contributed by atoms with Gasteiger partial charge in [0.15, 0.2) is 0 Å². The van der Waals surface area contributed by atoms with Crippen LogP contribution in [0.5, 0.6) is 0 Å². The summed E-state index contributed by atoms with van der Waals surface area (Å²) in [6.07, 6.45) is 0. The number of aryl methyl sites for hydroxylation is 1. The van der Waals surface area contributed by atoms with E-state index in [1.807, 2.05) is 0 Å². The topological polar surface area (TPSA) is 98.3 Å². The highest BCUT2D eigenvalue weighted by Gasteiger charge is 2.14. The van der Waals surface area contributed by atoms with Crippen LogP contribution < -0.4 is 11.1 Å². The minimum Gasteiger partial charge on any atom is -0.348 e. The van der Waals surface area contributed by atoms with E-state index in [-0.39, 0.29) is 17.6 Å². The summed E-state index contributed by atoms with van der Waals surface area (Å²) in [5, 5.41) is 13.3. The molecule has 1 aromatic rings. The number of rotatable bonds is 4. The molecule has 3 N–H and O–H groups in total. The predicted octanol–water partition coefficient (Wildman–Crippen LogP) is 0.980. The number of hydrogen-bond acceptors (Lipinski definition) is 4. The Bertz CT molecular complexity index is 446. The summed E-state index contributed by atoms with van der Waals surface area (Å²) >= 11 is 0. The Hall–Kier alpha value is -1.95. The molecule has 6 nitrogen and oxygen atoms in total. The Morgan fingerprint density at radius 1 is 1.59 bits per heavy atom. The second-order valence-electron chi connectivity index (χ2n) is 3.87. The zero-order valence-corrected chi connectivity index (χ0v) is 9.77. The van der Waals surface area contributed by atoms with Gasteiger partial charge < -0.3 is 11.1 Å². The number of hydrogen-bond donors (Lipinski definition) is 2. The van der Waals surface area contributed by atoms with Gasteiger partial charge in [-0.2, -0.15) is 0 Å². The third-order valence-corrected chi connectivity index (χ3v) is 2.39. The fourth-order valence-corrected chi connectivity index (χ4v) is 1.37. The van der Waals surface area contributed by atoms with E-state index in [2.05, 4.69) is 5.32 Å². The van der Waals surface area contributed by atoms with E-state index in [9.17, 15) is 14.9 Å². The molecule has 0 radical (unpaired) electrons. The third-order valence-electron chi connectivity index (χ3n) is 2.39. The van der Waals surface area contributed by atoms with E-state index in [0.717, 1.165) is 0 Å². The lowest BCUT2D eigenvalue weighted by Crippen LogP contribution is -2.37. The van der Waals surface area contributed by atoms with Crippen LogP contribution in [0.3, 0.4) is 0 Å². The molecule has 1 amide bonds. The van der Waals surface area contributed by atoms with Gasteiger partial charge in [-0.1, -0.05) is 0 Å². The van der Waals surface area contributed by atoms with Crippen molar-refractivity contribution in [2.45, 2.75) is 19.9 Å². The zero-order valence-electron chi connectivity index (χ0n) is 9.77. The van der Waals surface area contributed by atoms with Gasteiger partial charge in [-0.15, -0.1) is 0 Å². The van der Waals surface area contributed by atoms with Crippen molar-refractivity contribution in [2.75, 3.05) is 6.54 Å². The molecule has 6 heteroatoms. The summed E-state index contributed by atoms with van der Waals surface area (Å²) in [6, 6.07) is 4.13. The van der Waals surface area contributed by atoms with Crippen LogP contribution in [0.25, 0.3) is 0 Å². The Morgan fingerprint density at radius 3 is 2.71 bits per heavy atom. The molecular formula is C11H15N3O3. The Kier molecular flexibility index (Phi) is 4.17. The number of carbonyl (C=O) groups excluding carboxylic acids is 1. The van der Waals surface area contributed by atoms with Gasteiger partial charge in [0.2, 0.25) is 0 Å². The highest BCUT2D eigenvalue weighted by molar-refractivity contribution is 5.94. The van der Waals surface area contributed by atoms with E-state index in [4.69, 9.17) is 5.73 Å². The van der Waals surface area contributed by atoms with E-state index in [1.54, 1.807) is 13.8 Å². The quantitative estimate of drug-likeness (QED) is 0.602. The number of nitrogens with zero attached hydrogens (tertiary/aromatic N) is 1. The summed E-state index contributed by atoms with van der Waals surface area (Å²) < 4.78 is 0. The molecule has 1 rings (SSSR count). The summed E-state index contributed by atoms with van der Waals surface area (Å²) in [7, 11) is 0. The van der Waals surface area contributed by atoms with Crippen LogP contribution in [0.15, 0.2) is 18.2 Å². The van der Waals surface area contributed by atoms with Gasteiger partial charge >= 0.3 is 0 Å². The number of benzene rings is 1. The summed E-state index contributed by atoms with van der Waals surface area (Å²) in [4.78, 5) is 21.9. The zero-order chi connectivity index (χ0) is 13.0. The van der Waals surface area contributed by atoms with Crippen molar-refractivity contribution in [1.82, 2.24) is 5.32 Å². The lowest BCUT2D eigenvalue weighted by atomic mass is 10.1. The Balaban J connectivity index is 2.90. The molecule has 0 fully saturated rings. The van der Waals surface area contributed by atoms with Gasteiger partial charge in [-0.3, -0.25) is 14.9 Å². The standard InChI is InChI=1S/C11H15N3O3/c1-7-5-9(3-4-10(7)14(16)17)11(15)13-8(2)6-12/h3-5,8H,6,12H2,1-2H3,(H,13,15). The Labute approximate surface area is 99.0 Å². The molecule has 0 aliphatic carbocycles. The van der Waals surface area contributed by atoms with Crippen LogP contribution in [0.1, 0.15) is 22.8 Å². The molecule has 0 aliphatic rings. The van der Waals surface area contributed by atoms with Gasteiger partial charge in [0.25, 0.3) is 11.6 Å². The van der Waals surface area contributed by atoms with Crippen molar-refractivity contribution in [1.29, 1.82) is 0 Å². The number of nitrogens with two attached hydrogens (primary N) is 1. The van der Waals surface area contributed by atoms with Crippen molar-refractivity contribution >= 4 is 11.6 Å². The first kappa shape index (κ1) is 13.1. The average molecular weight is 237 g/mol. The van der Waals surface area contributed by atoms with Gasteiger partial charge in [-0.05, 0) is 26.0 Å². The van der Waals surface area contributed by atoms with Gasteiger partial charge in [0.05, 0.1) is 4.92 Å². The summed E-state index contributed by atoms with van der Waals surface area (Å²) in [5.41, 5.74) is 6.25. The van der Waals surface area contributed by atoms with Gasteiger partial charge in [0.1, 0.15) is 0 Å². The molecule has 0 aromatic heterocycles. The maximum Gasteiger partial charge on any atom is 0.272 e. The molecule has 0 saturated heterocycles. The molecule has 0 saturated carbocycles. The number of nitro benzene ring substituents is 1. The number of nitro groups is 1. The van der Waals surface area contributed by atoms with Crippen molar-refractivity contribution in [3.8, 4) is 0 Å². The van der Waals surface area contributed by atoms with E-state index in [0.29, 0.717) is 17.7 Å². The third kappa shape index (κ3) is 3.25.